The molecule has 0 amide bonds. The van der Waals surface area contributed by atoms with E-state index in [0.717, 1.165) is 13.0 Å². The van der Waals surface area contributed by atoms with Gasteiger partial charge in [0.25, 0.3) is 0 Å². The second kappa shape index (κ2) is 4.43. The number of hydrogen-bond donors (Lipinski definition) is 1. The molecule has 2 nitrogen and oxygen atoms in total. The van der Waals surface area contributed by atoms with Gasteiger partial charge in [-0.25, -0.2) is 0 Å². The Hall–Kier alpha value is -0.290. The van der Waals surface area contributed by atoms with Crippen LogP contribution < -0.4 is 5.32 Å². The van der Waals surface area contributed by atoms with Crippen molar-refractivity contribution in [1.82, 2.24) is 10.2 Å². The van der Waals surface area contributed by atoms with Crippen LogP contribution in [0.2, 0.25) is 0 Å². The van der Waals surface area contributed by atoms with Gasteiger partial charge in [-0.3, -0.25) is 4.90 Å². The first-order valence-corrected chi connectivity index (χ1v) is 6.42. The molecule has 1 aliphatic carbocycles. The molecule has 1 unspecified atom stereocenters. The zero-order chi connectivity index (χ0) is 12.7. The minimum Gasteiger partial charge on any atom is -0.312 e. The topological polar surface area (TPSA) is 15.3 Å². The fraction of sp³-hybridized carbons (Fsp3) is 1.00. The lowest BCUT2D eigenvalue weighted by Crippen LogP contribution is -2.52. The average molecular weight is 250 g/mol. The van der Waals surface area contributed by atoms with E-state index in [4.69, 9.17) is 0 Å². The maximum absolute atomic E-state index is 13.1. The van der Waals surface area contributed by atoms with Crippen molar-refractivity contribution in [3.63, 3.8) is 0 Å². The van der Waals surface area contributed by atoms with Crippen LogP contribution in [-0.2, 0) is 0 Å². The molecule has 1 N–H and O–H groups in total. The van der Waals surface area contributed by atoms with Crippen LogP contribution in [0.4, 0.5) is 13.2 Å². The molecule has 1 atom stereocenters. The van der Waals surface area contributed by atoms with Gasteiger partial charge in [-0.2, -0.15) is 13.2 Å². The third kappa shape index (κ3) is 2.45. The molecule has 1 saturated carbocycles. The first-order chi connectivity index (χ1) is 7.87. The third-order valence-corrected chi connectivity index (χ3v) is 4.09. The molecule has 2 rings (SSSR count). The SMILES string of the molecule is CC(C)C1CN(C2(C(F)(F)F)CC2)CCCN1. The van der Waals surface area contributed by atoms with E-state index in [-0.39, 0.29) is 18.9 Å². The molecule has 0 bridgehead atoms. The van der Waals surface area contributed by atoms with Crippen LogP contribution in [0.3, 0.4) is 0 Å². The van der Waals surface area contributed by atoms with Crippen molar-refractivity contribution in [2.75, 3.05) is 19.6 Å². The highest BCUT2D eigenvalue weighted by Gasteiger charge is 2.66. The molecular weight excluding hydrogens is 229 g/mol. The molecule has 17 heavy (non-hydrogen) atoms. The van der Waals surface area contributed by atoms with Gasteiger partial charge in [0.05, 0.1) is 0 Å². The highest BCUT2D eigenvalue weighted by Crippen LogP contribution is 2.53. The minimum atomic E-state index is -4.07. The summed E-state index contributed by atoms with van der Waals surface area (Å²) in [5, 5.41) is 3.35. The van der Waals surface area contributed by atoms with Crippen molar-refractivity contribution < 1.29 is 13.2 Å². The predicted octanol–water partition coefficient (Wildman–Crippen LogP) is 2.40. The van der Waals surface area contributed by atoms with Gasteiger partial charge in [0.1, 0.15) is 5.54 Å². The average Bonchev–Trinajstić information content (AvgIpc) is 3.01. The Morgan fingerprint density at radius 1 is 1.29 bits per heavy atom. The van der Waals surface area contributed by atoms with Crippen LogP contribution in [-0.4, -0.2) is 42.3 Å². The molecule has 0 spiro atoms. The van der Waals surface area contributed by atoms with Gasteiger partial charge < -0.3 is 5.32 Å². The van der Waals surface area contributed by atoms with E-state index in [2.05, 4.69) is 19.2 Å². The van der Waals surface area contributed by atoms with Crippen LogP contribution in [0, 0.1) is 5.92 Å². The van der Waals surface area contributed by atoms with E-state index in [1.54, 1.807) is 4.90 Å². The summed E-state index contributed by atoms with van der Waals surface area (Å²) >= 11 is 0. The summed E-state index contributed by atoms with van der Waals surface area (Å²) in [7, 11) is 0. The number of nitrogens with one attached hydrogen (secondary N) is 1. The summed E-state index contributed by atoms with van der Waals surface area (Å²) in [5.74, 6) is 0.375. The van der Waals surface area contributed by atoms with E-state index >= 15 is 0 Å². The van der Waals surface area contributed by atoms with Crippen LogP contribution in [0.5, 0.6) is 0 Å². The monoisotopic (exact) mass is 250 g/mol. The third-order valence-electron chi connectivity index (χ3n) is 4.09. The maximum atomic E-state index is 13.1. The van der Waals surface area contributed by atoms with Crippen molar-refractivity contribution in [3.8, 4) is 0 Å². The van der Waals surface area contributed by atoms with Gasteiger partial charge in [0.15, 0.2) is 0 Å². The lowest BCUT2D eigenvalue weighted by atomic mass is 10.0. The second-order valence-corrected chi connectivity index (χ2v) is 5.63. The Balaban J connectivity index is 2.10. The number of nitrogens with zero attached hydrogens (tertiary/aromatic N) is 1. The van der Waals surface area contributed by atoms with Crippen LogP contribution in [0.25, 0.3) is 0 Å². The summed E-state index contributed by atoms with van der Waals surface area (Å²) in [6.45, 7) is 6.04. The molecule has 5 heteroatoms. The molecule has 0 aromatic heterocycles. The summed E-state index contributed by atoms with van der Waals surface area (Å²) in [6.07, 6.45) is -2.71. The maximum Gasteiger partial charge on any atom is 0.406 e. The Morgan fingerprint density at radius 3 is 2.41 bits per heavy atom. The molecule has 1 saturated heterocycles. The fourth-order valence-corrected chi connectivity index (χ4v) is 2.68. The van der Waals surface area contributed by atoms with Crippen molar-refractivity contribution in [2.24, 2.45) is 5.92 Å². The van der Waals surface area contributed by atoms with Crippen LogP contribution in [0.15, 0.2) is 0 Å². The van der Waals surface area contributed by atoms with E-state index < -0.39 is 11.7 Å². The van der Waals surface area contributed by atoms with Crippen LogP contribution >= 0.6 is 0 Å². The van der Waals surface area contributed by atoms with Gasteiger partial charge >= 0.3 is 6.18 Å². The zero-order valence-corrected chi connectivity index (χ0v) is 10.5. The summed E-state index contributed by atoms with van der Waals surface area (Å²) in [4.78, 5) is 1.68. The molecule has 2 aliphatic rings. The summed E-state index contributed by atoms with van der Waals surface area (Å²) in [6, 6.07) is 0.178. The van der Waals surface area contributed by atoms with E-state index in [1.807, 2.05) is 0 Å². The highest BCUT2D eigenvalue weighted by atomic mass is 19.4. The standard InChI is InChI=1S/C12H21F3N2/c1-9(2)10-8-17(7-3-6-16-10)11(4-5-11)12(13,14)15/h9-10,16H,3-8H2,1-2H3. The van der Waals surface area contributed by atoms with E-state index in [1.165, 1.54) is 0 Å². The van der Waals surface area contributed by atoms with Gasteiger partial charge in [0, 0.05) is 19.1 Å². The zero-order valence-electron chi connectivity index (χ0n) is 10.5. The lowest BCUT2D eigenvalue weighted by Gasteiger charge is -2.35. The summed E-state index contributed by atoms with van der Waals surface area (Å²) in [5.41, 5.74) is -1.49. The quantitative estimate of drug-likeness (QED) is 0.809. The normalized spacial score (nSPS) is 30.4. The Bertz CT molecular complexity index is 271. The van der Waals surface area contributed by atoms with Gasteiger partial charge in [-0.05, 0) is 31.7 Å². The Kier molecular flexibility index (Phi) is 3.42. The Labute approximate surface area is 101 Å². The largest absolute Gasteiger partial charge is 0.406 e. The minimum absolute atomic E-state index is 0.178. The second-order valence-electron chi connectivity index (χ2n) is 5.63. The van der Waals surface area contributed by atoms with E-state index in [9.17, 15) is 13.2 Å². The molecule has 0 aromatic rings. The van der Waals surface area contributed by atoms with Gasteiger partial charge in [0.2, 0.25) is 0 Å². The number of hydrogen-bond acceptors (Lipinski definition) is 2. The summed E-state index contributed by atoms with van der Waals surface area (Å²) < 4.78 is 39.2. The number of alkyl halides is 3. The van der Waals surface area contributed by atoms with Crippen molar-refractivity contribution >= 4 is 0 Å². The molecule has 1 aliphatic heterocycles. The fourth-order valence-electron chi connectivity index (χ4n) is 2.68. The van der Waals surface area contributed by atoms with Crippen LogP contribution in [0.1, 0.15) is 33.1 Å². The predicted molar refractivity (Wildman–Crippen MR) is 60.8 cm³/mol. The van der Waals surface area contributed by atoms with Gasteiger partial charge in [-0.15, -0.1) is 0 Å². The molecular formula is C12H21F3N2. The highest BCUT2D eigenvalue weighted by molar-refractivity contribution is 5.10. The molecule has 1 heterocycles. The Morgan fingerprint density at radius 2 is 1.94 bits per heavy atom. The first kappa shape index (κ1) is 13.1. The molecule has 100 valence electrons. The molecule has 0 aromatic carbocycles. The smallest absolute Gasteiger partial charge is 0.312 e. The lowest BCUT2D eigenvalue weighted by molar-refractivity contribution is -0.197. The number of halogens is 3. The van der Waals surface area contributed by atoms with Gasteiger partial charge in [-0.1, -0.05) is 13.8 Å². The van der Waals surface area contributed by atoms with E-state index in [0.29, 0.717) is 19.0 Å². The molecule has 0 radical (unpaired) electrons. The van der Waals surface area contributed by atoms with Crippen molar-refractivity contribution in [2.45, 2.75) is 50.9 Å². The first-order valence-electron chi connectivity index (χ1n) is 6.42. The van der Waals surface area contributed by atoms with Crippen molar-refractivity contribution in [3.05, 3.63) is 0 Å². The van der Waals surface area contributed by atoms with Crippen molar-refractivity contribution in [1.29, 1.82) is 0 Å². The molecule has 2 fully saturated rings. The number of rotatable bonds is 2.